The molecule has 0 aromatic heterocycles. The minimum atomic E-state index is -3.17. The average Bonchev–Trinajstić information content (AvgIpc) is 2.15. The Balaban J connectivity index is 4.32. The molecule has 0 amide bonds. The summed E-state index contributed by atoms with van der Waals surface area (Å²) < 4.78 is 33.6. The van der Waals surface area contributed by atoms with Crippen LogP contribution < -0.4 is 0 Å². The predicted octanol–water partition coefficient (Wildman–Crippen LogP) is 0.0330. The largest absolute Gasteiger partial charge is 0.480 e. The van der Waals surface area contributed by atoms with Crippen LogP contribution in [0.1, 0.15) is 20.3 Å². The summed E-state index contributed by atoms with van der Waals surface area (Å²) in [6.45, 7) is 3.12. The number of rotatable bonds is 7. The molecular formula is C8H16O5S2. The molecule has 0 fully saturated rings. The molecule has 0 rings (SSSR count). The molecule has 0 aliphatic carbocycles. The lowest BCUT2D eigenvalue weighted by Gasteiger charge is -2.09. The van der Waals surface area contributed by atoms with Crippen LogP contribution >= 0.6 is 0 Å². The number of aliphatic carboxylic acids is 1. The quantitative estimate of drug-likeness (QED) is 0.694. The highest BCUT2D eigenvalue weighted by Gasteiger charge is 2.23. The van der Waals surface area contributed by atoms with E-state index in [-0.39, 0.29) is 23.7 Å². The number of carboxylic acid groups (broad SMARTS) is 1. The van der Waals surface area contributed by atoms with Gasteiger partial charge in [0.25, 0.3) is 0 Å². The SMILES string of the molecule is CCC(C(=O)O)S(=O)CCS(=O)(=O)CC. The Kier molecular flexibility index (Phi) is 6.04. The number of hydrogen-bond acceptors (Lipinski definition) is 4. The first kappa shape index (κ1) is 14.6. The lowest BCUT2D eigenvalue weighted by atomic mass is 10.3. The monoisotopic (exact) mass is 256 g/mol. The van der Waals surface area contributed by atoms with Gasteiger partial charge in [0, 0.05) is 22.3 Å². The van der Waals surface area contributed by atoms with E-state index < -0.39 is 31.9 Å². The molecular weight excluding hydrogens is 240 g/mol. The van der Waals surface area contributed by atoms with Gasteiger partial charge in [-0.3, -0.25) is 9.00 Å². The molecule has 90 valence electrons. The van der Waals surface area contributed by atoms with Crippen LogP contribution in [0.5, 0.6) is 0 Å². The van der Waals surface area contributed by atoms with Gasteiger partial charge in [0.2, 0.25) is 0 Å². The highest BCUT2D eigenvalue weighted by atomic mass is 32.2. The van der Waals surface area contributed by atoms with Gasteiger partial charge in [-0.15, -0.1) is 0 Å². The van der Waals surface area contributed by atoms with Gasteiger partial charge in [-0.05, 0) is 6.42 Å². The first-order valence-electron chi connectivity index (χ1n) is 4.64. The van der Waals surface area contributed by atoms with Crippen molar-refractivity contribution in [1.29, 1.82) is 0 Å². The van der Waals surface area contributed by atoms with Crippen LogP contribution in [0.3, 0.4) is 0 Å². The first-order valence-corrected chi connectivity index (χ1v) is 7.84. The minimum absolute atomic E-state index is 0.00589. The third kappa shape index (κ3) is 5.27. The van der Waals surface area contributed by atoms with E-state index in [2.05, 4.69) is 0 Å². The Bertz CT molecular complexity index is 333. The second kappa shape index (κ2) is 6.22. The molecule has 1 N–H and O–H groups in total. The second-order valence-corrected chi connectivity index (χ2v) is 7.27. The number of carbonyl (C=O) groups is 1. The average molecular weight is 256 g/mol. The maximum absolute atomic E-state index is 11.4. The molecule has 0 spiro atoms. The van der Waals surface area contributed by atoms with Crippen molar-refractivity contribution in [2.75, 3.05) is 17.3 Å². The Morgan fingerprint density at radius 2 is 1.93 bits per heavy atom. The molecule has 0 aromatic carbocycles. The van der Waals surface area contributed by atoms with Crippen molar-refractivity contribution in [3.8, 4) is 0 Å². The molecule has 7 heteroatoms. The van der Waals surface area contributed by atoms with Crippen molar-refractivity contribution in [2.45, 2.75) is 25.5 Å². The summed E-state index contributed by atoms with van der Waals surface area (Å²) in [5.41, 5.74) is 0. The zero-order valence-corrected chi connectivity index (χ0v) is 10.4. The molecule has 0 aliphatic heterocycles. The topological polar surface area (TPSA) is 88.5 Å². The lowest BCUT2D eigenvalue weighted by molar-refractivity contribution is -0.136. The van der Waals surface area contributed by atoms with Crippen molar-refractivity contribution in [3.05, 3.63) is 0 Å². The van der Waals surface area contributed by atoms with Crippen molar-refractivity contribution in [3.63, 3.8) is 0 Å². The van der Waals surface area contributed by atoms with Crippen LogP contribution in [0.2, 0.25) is 0 Å². The molecule has 5 nitrogen and oxygen atoms in total. The van der Waals surface area contributed by atoms with Crippen molar-refractivity contribution < 1.29 is 22.5 Å². The highest BCUT2D eigenvalue weighted by Crippen LogP contribution is 2.04. The summed E-state index contributed by atoms with van der Waals surface area (Å²) in [7, 11) is -4.78. The molecule has 0 heterocycles. The fourth-order valence-corrected chi connectivity index (χ4v) is 3.81. The highest BCUT2D eigenvalue weighted by molar-refractivity contribution is 7.93. The third-order valence-electron chi connectivity index (χ3n) is 2.00. The van der Waals surface area contributed by atoms with E-state index in [9.17, 15) is 17.4 Å². The normalized spacial score (nSPS) is 15.9. The Labute approximate surface area is 92.2 Å². The predicted molar refractivity (Wildman–Crippen MR) is 59.1 cm³/mol. The van der Waals surface area contributed by atoms with E-state index in [1.54, 1.807) is 6.92 Å². The van der Waals surface area contributed by atoms with E-state index in [1.807, 2.05) is 0 Å². The maximum Gasteiger partial charge on any atom is 0.319 e. The van der Waals surface area contributed by atoms with Gasteiger partial charge < -0.3 is 5.11 Å². The molecule has 2 atom stereocenters. The van der Waals surface area contributed by atoms with Gasteiger partial charge in [-0.25, -0.2) is 8.42 Å². The molecule has 2 unspecified atom stereocenters. The molecule has 0 saturated heterocycles. The van der Waals surface area contributed by atoms with Gasteiger partial charge in [-0.1, -0.05) is 13.8 Å². The second-order valence-electron chi connectivity index (χ2n) is 3.06. The van der Waals surface area contributed by atoms with Crippen LogP contribution in [0.15, 0.2) is 0 Å². The Morgan fingerprint density at radius 1 is 1.40 bits per heavy atom. The summed E-state index contributed by atoms with van der Waals surface area (Å²) in [6, 6.07) is 0. The summed E-state index contributed by atoms with van der Waals surface area (Å²) >= 11 is 0. The Morgan fingerprint density at radius 3 is 2.27 bits per heavy atom. The summed E-state index contributed by atoms with van der Waals surface area (Å²) in [5.74, 6) is -1.45. The standard InChI is InChI=1S/C8H16O5S2/c1-3-7(8(9)10)14(11)5-6-15(12,13)4-2/h7H,3-6H2,1-2H3,(H,9,10). The fraction of sp³-hybridized carbons (Fsp3) is 0.875. The fourth-order valence-electron chi connectivity index (χ4n) is 0.969. The molecule has 15 heavy (non-hydrogen) atoms. The van der Waals surface area contributed by atoms with E-state index in [0.717, 1.165) is 0 Å². The van der Waals surface area contributed by atoms with Gasteiger partial charge in [0.15, 0.2) is 9.84 Å². The van der Waals surface area contributed by atoms with Gasteiger partial charge in [0.05, 0.1) is 5.75 Å². The van der Waals surface area contributed by atoms with E-state index in [0.29, 0.717) is 0 Å². The van der Waals surface area contributed by atoms with E-state index in [1.165, 1.54) is 6.92 Å². The molecule has 0 saturated carbocycles. The van der Waals surface area contributed by atoms with Crippen molar-refractivity contribution >= 4 is 26.6 Å². The smallest absolute Gasteiger partial charge is 0.319 e. The third-order valence-corrected chi connectivity index (χ3v) is 5.74. The number of hydrogen-bond donors (Lipinski definition) is 1. The molecule has 0 bridgehead atoms. The van der Waals surface area contributed by atoms with Gasteiger partial charge >= 0.3 is 5.97 Å². The first-order chi connectivity index (χ1) is 6.84. The van der Waals surface area contributed by atoms with Gasteiger partial charge in [0.1, 0.15) is 5.25 Å². The Hall–Kier alpha value is -0.430. The van der Waals surface area contributed by atoms with Crippen LogP contribution in [0, 0.1) is 0 Å². The van der Waals surface area contributed by atoms with Crippen LogP contribution in [-0.4, -0.2) is 46.2 Å². The van der Waals surface area contributed by atoms with Gasteiger partial charge in [-0.2, -0.15) is 0 Å². The minimum Gasteiger partial charge on any atom is -0.480 e. The van der Waals surface area contributed by atoms with Crippen LogP contribution in [0.25, 0.3) is 0 Å². The van der Waals surface area contributed by atoms with E-state index >= 15 is 0 Å². The molecule has 0 aromatic rings. The van der Waals surface area contributed by atoms with Crippen LogP contribution in [0.4, 0.5) is 0 Å². The van der Waals surface area contributed by atoms with Crippen molar-refractivity contribution in [2.24, 2.45) is 0 Å². The lowest BCUT2D eigenvalue weighted by Crippen LogP contribution is -2.29. The zero-order valence-electron chi connectivity index (χ0n) is 8.80. The summed E-state index contributed by atoms with van der Waals surface area (Å²) in [6.07, 6.45) is 0.244. The number of sulfone groups is 1. The van der Waals surface area contributed by atoms with Crippen molar-refractivity contribution in [1.82, 2.24) is 0 Å². The number of carboxylic acids is 1. The summed E-state index contributed by atoms with van der Waals surface area (Å²) in [5, 5.41) is 7.73. The molecule has 0 aliphatic rings. The molecule has 0 radical (unpaired) electrons. The zero-order chi connectivity index (χ0) is 12.1. The van der Waals surface area contributed by atoms with Crippen LogP contribution in [-0.2, 0) is 25.4 Å². The van der Waals surface area contributed by atoms with E-state index in [4.69, 9.17) is 5.11 Å². The maximum atomic E-state index is 11.4. The summed E-state index contributed by atoms with van der Waals surface area (Å²) in [4.78, 5) is 10.6.